The maximum Gasteiger partial charge on any atom is 0.337 e. The van der Waals surface area contributed by atoms with Crippen molar-refractivity contribution >= 4 is 11.9 Å². The predicted octanol–water partition coefficient (Wildman–Crippen LogP) is 2.05. The van der Waals surface area contributed by atoms with Crippen LogP contribution >= 0.6 is 0 Å². The molecular formula is C23H34N4O3. The highest BCUT2D eigenvalue weighted by molar-refractivity contribution is 5.95. The number of nitrogens with one attached hydrogen (secondary N) is 1. The summed E-state index contributed by atoms with van der Waals surface area (Å²) < 4.78 is 10.5. The fourth-order valence-electron chi connectivity index (χ4n) is 4.07. The number of esters is 1. The minimum atomic E-state index is -0.274. The van der Waals surface area contributed by atoms with E-state index in [0.717, 1.165) is 63.9 Å². The summed E-state index contributed by atoms with van der Waals surface area (Å²) >= 11 is 0. The summed E-state index contributed by atoms with van der Waals surface area (Å²) in [5.41, 5.74) is 2.87. The number of methoxy groups -OCH3 is 1. The van der Waals surface area contributed by atoms with Crippen molar-refractivity contribution in [1.29, 1.82) is 0 Å². The van der Waals surface area contributed by atoms with Crippen molar-refractivity contribution in [3.8, 4) is 0 Å². The Labute approximate surface area is 179 Å². The second kappa shape index (κ2) is 11.1. The van der Waals surface area contributed by atoms with E-state index < -0.39 is 0 Å². The number of ether oxygens (including phenoxy) is 2. The molecule has 0 saturated carbocycles. The van der Waals surface area contributed by atoms with Crippen LogP contribution in [0, 0.1) is 0 Å². The molecule has 0 bridgehead atoms. The van der Waals surface area contributed by atoms with Crippen LogP contribution in [0.15, 0.2) is 46.6 Å². The molecule has 0 unspecified atom stereocenters. The molecule has 1 aromatic rings. The molecule has 0 aromatic heterocycles. The fourth-order valence-corrected chi connectivity index (χ4v) is 4.07. The van der Waals surface area contributed by atoms with Gasteiger partial charge in [0.2, 0.25) is 0 Å². The number of hydrogen-bond acceptors (Lipinski definition) is 5. The molecule has 1 aromatic carbocycles. The zero-order valence-corrected chi connectivity index (χ0v) is 18.4. The number of allylic oxidation sites excluding steroid dienone is 1. The lowest BCUT2D eigenvalue weighted by Crippen LogP contribution is -2.53. The van der Waals surface area contributed by atoms with E-state index in [1.165, 1.54) is 12.7 Å². The van der Waals surface area contributed by atoms with Gasteiger partial charge in [0.15, 0.2) is 5.96 Å². The average molecular weight is 415 g/mol. The van der Waals surface area contributed by atoms with Gasteiger partial charge >= 0.3 is 5.97 Å². The van der Waals surface area contributed by atoms with Crippen molar-refractivity contribution in [2.75, 3.05) is 53.0 Å². The zero-order valence-electron chi connectivity index (χ0n) is 18.4. The Balaban J connectivity index is 1.75. The van der Waals surface area contributed by atoms with E-state index in [4.69, 9.17) is 14.5 Å². The molecule has 164 valence electrons. The first-order valence-corrected chi connectivity index (χ1v) is 10.9. The van der Waals surface area contributed by atoms with Gasteiger partial charge in [-0.05, 0) is 32.3 Å². The van der Waals surface area contributed by atoms with Crippen molar-refractivity contribution < 1.29 is 14.3 Å². The number of hydrogen-bond donors (Lipinski definition) is 1. The predicted molar refractivity (Wildman–Crippen MR) is 118 cm³/mol. The molecular weight excluding hydrogens is 380 g/mol. The smallest absolute Gasteiger partial charge is 0.337 e. The standard InChI is InChI=1S/C23H34N4O3/c1-4-27-18(2)21(22(28)29-3)20(11-10-19-8-6-5-7-9-19)25-23(27)24-12-13-26-14-16-30-17-15-26/h5-9,20H,4,10-17H2,1-3H3,(H,24,25)/t20-/m0/s1. The van der Waals surface area contributed by atoms with E-state index in [1.54, 1.807) is 0 Å². The molecule has 3 rings (SSSR count). The van der Waals surface area contributed by atoms with E-state index in [1.807, 2.05) is 25.1 Å². The highest BCUT2D eigenvalue weighted by Gasteiger charge is 2.33. The van der Waals surface area contributed by atoms with Gasteiger partial charge in [-0.3, -0.25) is 9.89 Å². The molecule has 30 heavy (non-hydrogen) atoms. The zero-order chi connectivity index (χ0) is 21.3. The van der Waals surface area contributed by atoms with E-state index in [0.29, 0.717) is 12.1 Å². The number of guanidine groups is 1. The second-order valence-electron chi connectivity index (χ2n) is 7.62. The fraction of sp³-hybridized carbons (Fsp3) is 0.565. The molecule has 2 aliphatic rings. The molecule has 1 saturated heterocycles. The number of benzene rings is 1. The van der Waals surface area contributed by atoms with Crippen LogP contribution in [0.4, 0.5) is 0 Å². The molecule has 0 amide bonds. The summed E-state index contributed by atoms with van der Waals surface area (Å²) in [5.74, 6) is 0.567. The van der Waals surface area contributed by atoms with Crippen molar-refractivity contribution in [2.45, 2.75) is 32.7 Å². The number of rotatable bonds is 8. The largest absolute Gasteiger partial charge is 0.466 e. The van der Waals surface area contributed by atoms with Gasteiger partial charge in [0.05, 0.1) is 38.5 Å². The summed E-state index contributed by atoms with van der Waals surface area (Å²) in [6, 6.07) is 10.2. The molecule has 7 heteroatoms. The third-order valence-electron chi connectivity index (χ3n) is 5.77. The molecule has 2 heterocycles. The van der Waals surface area contributed by atoms with Gasteiger partial charge < -0.3 is 19.7 Å². The van der Waals surface area contributed by atoms with Crippen LogP contribution in [0.25, 0.3) is 0 Å². The Morgan fingerprint density at radius 1 is 1.27 bits per heavy atom. The topological polar surface area (TPSA) is 66.4 Å². The minimum absolute atomic E-state index is 0.123. The molecule has 1 N–H and O–H groups in total. The van der Waals surface area contributed by atoms with Crippen molar-refractivity contribution in [2.24, 2.45) is 4.99 Å². The number of carbonyl (C=O) groups excluding carboxylic acids is 1. The average Bonchev–Trinajstić information content (AvgIpc) is 2.78. The number of aliphatic imine (C=N–C) groups is 1. The summed E-state index contributed by atoms with van der Waals surface area (Å²) in [6.07, 6.45) is 1.67. The second-order valence-corrected chi connectivity index (χ2v) is 7.62. The van der Waals surface area contributed by atoms with E-state index in [2.05, 4.69) is 34.2 Å². The summed E-state index contributed by atoms with van der Waals surface area (Å²) in [6.45, 7) is 9.93. The Morgan fingerprint density at radius 2 is 2.00 bits per heavy atom. The van der Waals surface area contributed by atoms with E-state index >= 15 is 0 Å². The van der Waals surface area contributed by atoms with Gasteiger partial charge in [0.1, 0.15) is 0 Å². The van der Waals surface area contributed by atoms with Crippen molar-refractivity contribution in [1.82, 2.24) is 15.1 Å². The number of carbonyl (C=O) groups is 1. The van der Waals surface area contributed by atoms with E-state index in [-0.39, 0.29) is 12.0 Å². The summed E-state index contributed by atoms with van der Waals surface area (Å²) in [7, 11) is 1.44. The first-order valence-electron chi connectivity index (χ1n) is 10.9. The normalized spacial score (nSPS) is 21.6. The van der Waals surface area contributed by atoms with Crippen LogP contribution in [-0.2, 0) is 20.7 Å². The SMILES string of the molecule is CCN1C(=NCCN2CCOCC2)N[C@@H](CCc2ccccc2)C(C(=O)OC)=C1C. The Hall–Kier alpha value is -2.38. The van der Waals surface area contributed by atoms with Crippen molar-refractivity contribution in [3.63, 3.8) is 0 Å². The highest BCUT2D eigenvalue weighted by atomic mass is 16.5. The molecule has 1 atom stereocenters. The molecule has 1 fully saturated rings. The first kappa shape index (κ1) is 22.3. The molecule has 0 radical (unpaired) electrons. The first-order chi connectivity index (χ1) is 14.6. The monoisotopic (exact) mass is 414 g/mol. The number of nitrogens with zero attached hydrogens (tertiary/aromatic N) is 3. The Kier molecular flexibility index (Phi) is 8.28. The third kappa shape index (κ3) is 5.61. The van der Waals surface area contributed by atoms with Gasteiger partial charge in [-0.2, -0.15) is 0 Å². The Bertz CT molecular complexity index is 757. The lowest BCUT2D eigenvalue weighted by atomic mass is 9.95. The van der Waals surface area contributed by atoms with Crippen molar-refractivity contribution in [3.05, 3.63) is 47.2 Å². The Morgan fingerprint density at radius 3 is 2.67 bits per heavy atom. The summed E-state index contributed by atoms with van der Waals surface area (Å²) in [4.78, 5) is 21.9. The van der Waals surface area contributed by atoms with Gasteiger partial charge in [-0.15, -0.1) is 0 Å². The highest BCUT2D eigenvalue weighted by Crippen LogP contribution is 2.24. The van der Waals surface area contributed by atoms with Crippen LogP contribution in [0.2, 0.25) is 0 Å². The third-order valence-corrected chi connectivity index (χ3v) is 5.77. The van der Waals surface area contributed by atoms with Crippen LogP contribution in [0.5, 0.6) is 0 Å². The van der Waals surface area contributed by atoms with Crippen LogP contribution in [0.3, 0.4) is 0 Å². The maximum atomic E-state index is 12.6. The molecule has 0 aliphatic carbocycles. The minimum Gasteiger partial charge on any atom is -0.466 e. The lowest BCUT2D eigenvalue weighted by molar-refractivity contribution is -0.136. The maximum absolute atomic E-state index is 12.6. The molecule has 0 spiro atoms. The van der Waals surface area contributed by atoms with Gasteiger partial charge in [0.25, 0.3) is 0 Å². The lowest BCUT2D eigenvalue weighted by Gasteiger charge is -2.37. The van der Waals surface area contributed by atoms with Gasteiger partial charge in [-0.25, -0.2) is 4.79 Å². The number of aryl methyl sites for hydroxylation is 1. The van der Waals surface area contributed by atoms with Crippen LogP contribution in [-0.4, -0.2) is 80.8 Å². The van der Waals surface area contributed by atoms with Crippen LogP contribution < -0.4 is 5.32 Å². The quantitative estimate of drug-likeness (QED) is 0.657. The van der Waals surface area contributed by atoms with Gasteiger partial charge in [-0.1, -0.05) is 30.3 Å². The number of morpholine rings is 1. The van der Waals surface area contributed by atoms with E-state index in [9.17, 15) is 4.79 Å². The molecule has 7 nitrogen and oxygen atoms in total. The van der Waals surface area contributed by atoms with Gasteiger partial charge in [0, 0.05) is 31.9 Å². The van der Waals surface area contributed by atoms with Crippen LogP contribution in [0.1, 0.15) is 25.8 Å². The summed E-state index contributed by atoms with van der Waals surface area (Å²) in [5, 5.41) is 3.53. The molecule has 2 aliphatic heterocycles.